The molecule has 0 unspecified atom stereocenters. The number of para-hydroxylation sites is 2. The number of anilines is 1. The molecular weight excluding hydrogens is 351 g/mol. The van der Waals surface area contributed by atoms with Gasteiger partial charge in [-0.05, 0) is 24.8 Å². The van der Waals surface area contributed by atoms with Crippen LogP contribution in [0.2, 0.25) is 0 Å². The Hall–Kier alpha value is -1.88. The summed E-state index contributed by atoms with van der Waals surface area (Å²) in [7, 11) is -5.28. The first-order valence-electron chi connectivity index (χ1n) is 7.16. The topological polar surface area (TPSA) is 92.6 Å². The first-order valence-corrected chi connectivity index (χ1v) is 8.60. The van der Waals surface area contributed by atoms with Crippen LogP contribution in [0.15, 0.2) is 24.3 Å². The van der Waals surface area contributed by atoms with E-state index >= 15 is 0 Å². The minimum Gasteiger partial charge on any atom is -0.379 e. The summed E-state index contributed by atoms with van der Waals surface area (Å²) in [5.74, 6) is -0.0653. The molecule has 0 bridgehead atoms. The van der Waals surface area contributed by atoms with Gasteiger partial charge < -0.3 is 5.32 Å². The number of nitro groups is 1. The number of benzene rings is 1. The van der Waals surface area contributed by atoms with E-state index in [1.54, 1.807) is 12.1 Å². The van der Waals surface area contributed by atoms with Crippen LogP contribution < -0.4 is 5.32 Å². The number of rotatable bonds is 5. The molecule has 0 radical (unpaired) electrons. The molecule has 1 aliphatic heterocycles. The molecule has 1 heterocycles. The highest BCUT2D eigenvalue weighted by atomic mass is 32.2. The van der Waals surface area contributed by atoms with E-state index in [2.05, 4.69) is 5.32 Å². The highest BCUT2D eigenvalue weighted by molar-refractivity contribution is 7.90. The zero-order valence-corrected chi connectivity index (χ0v) is 13.3. The zero-order chi connectivity index (χ0) is 18.0. The molecule has 0 aliphatic carbocycles. The van der Waals surface area contributed by atoms with Crippen molar-refractivity contribution < 1.29 is 26.5 Å². The molecule has 1 aromatic rings. The minimum absolute atomic E-state index is 0.0653. The monoisotopic (exact) mass is 367 g/mol. The first-order chi connectivity index (χ1) is 11.1. The number of hydrogen-bond acceptors (Lipinski definition) is 5. The molecule has 7 nitrogen and oxygen atoms in total. The molecule has 1 N–H and O–H groups in total. The van der Waals surface area contributed by atoms with Crippen molar-refractivity contribution in [3.63, 3.8) is 0 Å². The number of nitrogens with zero attached hydrogens (tertiary/aromatic N) is 2. The van der Waals surface area contributed by atoms with Gasteiger partial charge in [-0.15, -0.1) is 0 Å². The van der Waals surface area contributed by atoms with Gasteiger partial charge in [0.05, 0.1) is 4.92 Å². The molecule has 1 fully saturated rings. The lowest BCUT2D eigenvalue weighted by atomic mass is 9.98. The quantitative estimate of drug-likeness (QED) is 0.638. The summed E-state index contributed by atoms with van der Waals surface area (Å²) in [5.41, 5.74) is -5.05. The Balaban J connectivity index is 1.92. The summed E-state index contributed by atoms with van der Waals surface area (Å²) in [5, 5.41) is 13.8. The van der Waals surface area contributed by atoms with Crippen molar-refractivity contribution in [2.24, 2.45) is 5.92 Å². The average molecular weight is 367 g/mol. The van der Waals surface area contributed by atoms with Crippen LogP contribution in [0.1, 0.15) is 12.8 Å². The molecule has 1 aromatic carbocycles. The third-order valence-corrected chi connectivity index (χ3v) is 5.52. The lowest BCUT2D eigenvalue weighted by Gasteiger charge is -2.31. The Bertz CT molecular complexity index is 701. The molecule has 0 spiro atoms. The predicted molar refractivity (Wildman–Crippen MR) is 80.9 cm³/mol. The number of piperidine rings is 1. The number of nitro benzene ring substituents is 1. The van der Waals surface area contributed by atoms with Crippen LogP contribution in [0, 0.1) is 16.0 Å². The van der Waals surface area contributed by atoms with Crippen molar-refractivity contribution in [2.45, 2.75) is 18.3 Å². The molecule has 2 rings (SSSR count). The van der Waals surface area contributed by atoms with Gasteiger partial charge in [-0.1, -0.05) is 12.1 Å². The van der Waals surface area contributed by atoms with Gasteiger partial charge in [-0.3, -0.25) is 10.1 Å². The molecule has 0 aromatic heterocycles. The van der Waals surface area contributed by atoms with Crippen LogP contribution in [0.25, 0.3) is 0 Å². The van der Waals surface area contributed by atoms with Crippen LogP contribution >= 0.6 is 0 Å². The Morgan fingerprint density at radius 3 is 2.38 bits per heavy atom. The van der Waals surface area contributed by atoms with E-state index in [1.165, 1.54) is 12.1 Å². The van der Waals surface area contributed by atoms with Gasteiger partial charge in [0, 0.05) is 25.7 Å². The SMILES string of the molecule is O=[N+]([O-])c1ccccc1NCC1CCN(S(=O)(=O)C(F)(F)F)CC1. The zero-order valence-electron chi connectivity index (χ0n) is 12.5. The third kappa shape index (κ3) is 3.96. The Labute approximate surface area is 136 Å². The summed E-state index contributed by atoms with van der Waals surface area (Å²) >= 11 is 0. The van der Waals surface area contributed by atoms with Crippen LogP contribution in [0.5, 0.6) is 0 Å². The van der Waals surface area contributed by atoms with Gasteiger partial charge in [-0.25, -0.2) is 8.42 Å². The van der Waals surface area contributed by atoms with Crippen molar-refractivity contribution in [1.82, 2.24) is 4.31 Å². The number of halogens is 3. The second-order valence-electron chi connectivity index (χ2n) is 5.45. The minimum atomic E-state index is -5.29. The second-order valence-corrected chi connectivity index (χ2v) is 7.38. The average Bonchev–Trinajstić information content (AvgIpc) is 2.52. The molecule has 0 atom stereocenters. The van der Waals surface area contributed by atoms with E-state index in [4.69, 9.17) is 0 Å². The van der Waals surface area contributed by atoms with Crippen molar-refractivity contribution in [1.29, 1.82) is 0 Å². The Kier molecular flexibility index (Phi) is 5.33. The van der Waals surface area contributed by atoms with Crippen molar-refractivity contribution in [3.8, 4) is 0 Å². The Morgan fingerprint density at radius 1 is 1.25 bits per heavy atom. The van der Waals surface area contributed by atoms with Gasteiger partial charge in [0.2, 0.25) is 0 Å². The summed E-state index contributed by atoms with van der Waals surface area (Å²) < 4.78 is 60.6. The van der Waals surface area contributed by atoms with Gasteiger partial charge in [0.25, 0.3) is 5.69 Å². The van der Waals surface area contributed by atoms with Crippen molar-refractivity contribution in [2.75, 3.05) is 25.0 Å². The van der Waals surface area contributed by atoms with Gasteiger partial charge >= 0.3 is 15.5 Å². The van der Waals surface area contributed by atoms with Gasteiger partial charge in [0.1, 0.15) is 5.69 Å². The summed E-state index contributed by atoms with van der Waals surface area (Å²) in [6, 6.07) is 6.06. The van der Waals surface area contributed by atoms with Crippen molar-refractivity contribution >= 4 is 21.4 Å². The molecular formula is C13H16F3N3O4S. The molecule has 1 saturated heterocycles. The highest BCUT2D eigenvalue weighted by Crippen LogP contribution is 2.31. The van der Waals surface area contributed by atoms with E-state index < -0.39 is 20.5 Å². The standard InChI is InChI=1S/C13H16F3N3O4S/c14-13(15,16)24(22,23)18-7-5-10(6-8-18)9-17-11-3-1-2-4-12(11)19(20)21/h1-4,10,17H,5-9H2. The van der Waals surface area contributed by atoms with Crippen LogP contribution in [-0.4, -0.2) is 42.8 Å². The van der Waals surface area contributed by atoms with Gasteiger partial charge in [-0.2, -0.15) is 17.5 Å². The summed E-state index contributed by atoms with van der Waals surface area (Å²) in [6.07, 6.45) is 0.506. The molecule has 134 valence electrons. The largest absolute Gasteiger partial charge is 0.511 e. The molecule has 11 heteroatoms. The summed E-state index contributed by atoms with van der Waals surface area (Å²) in [4.78, 5) is 10.4. The smallest absolute Gasteiger partial charge is 0.379 e. The van der Waals surface area contributed by atoms with Crippen LogP contribution in [-0.2, 0) is 10.0 Å². The van der Waals surface area contributed by atoms with Gasteiger partial charge in [0.15, 0.2) is 0 Å². The van der Waals surface area contributed by atoms with E-state index in [1.807, 2.05) is 0 Å². The maximum absolute atomic E-state index is 12.5. The summed E-state index contributed by atoms with van der Waals surface area (Å²) in [6.45, 7) is -0.110. The van der Waals surface area contributed by atoms with Crippen LogP contribution in [0.4, 0.5) is 24.5 Å². The predicted octanol–water partition coefficient (Wildman–Crippen LogP) is 2.57. The number of hydrogen-bond donors (Lipinski definition) is 1. The second kappa shape index (κ2) is 6.93. The molecule has 0 saturated carbocycles. The third-order valence-electron chi connectivity index (χ3n) is 3.89. The molecule has 0 amide bonds. The fourth-order valence-corrected chi connectivity index (χ4v) is 3.52. The molecule has 24 heavy (non-hydrogen) atoms. The lowest BCUT2D eigenvalue weighted by molar-refractivity contribution is -0.384. The van der Waals surface area contributed by atoms with Crippen LogP contribution in [0.3, 0.4) is 0 Å². The maximum atomic E-state index is 12.5. The lowest BCUT2D eigenvalue weighted by Crippen LogP contribution is -2.45. The normalized spacial score (nSPS) is 17.6. The number of nitrogens with one attached hydrogen (secondary N) is 1. The fraction of sp³-hybridized carbons (Fsp3) is 0.538. The Morgan fingerprint density at radius 2 is 1.83 bits per heavy atom. The van der Waals surface area contributed by atoms with E-state index in [0.717, 1.165) is 0 Å². The molecule has 1 aliphatic rings. The first kappa shape index (κ1) is 18.5. The maximum Gasteiger partial charge on any atom is 0.511 e. The fourth-order valence-electron chi connectivity index (χ4n) is 2.54. The van der Waals surface area contributed by atoms with E-state index in [9.17, 15) is 31.7 Å². The number of alkyl halides is 3. The number of sulfonamides is 1. The highest BCUT2D eigenvalue weighted by Gasteiger charge is 2.50. The van der Waals surface area contributed by atoms with E-state index in [-0.39, 0.29) is 37.5 Å². The van der Waals surface area contributed by atoms with E-state index in [0.29, 0.717) is 16.5 Å². The van der Waals surface area contributed by atoms with Crippen molar-refractivity contribution in [3.05, 3.63) is 34.4 Å².